The van der Waals surface area contributed by atoms with Crippen LogP contribution in [0.5, 0.6) is 5.75 Å². The highest BCUT2D eigenvalue weighted by Crippen LogP contribution is 2.38. The van der Waals surface area contributed by atoms with Crippen LogP contribution in [-0.4, -0.2) is 28.2 Å². The number of aromatic nitrogens is 2. The first-order valence-electron chi connectivity index (χ1n) is 9.23. The second-order valence-corrected chi connectivity index (χ2v) is 7.41. The van der Waals surface area contributed by atoms with E-state index in [1.165, 1.54) is 25.3 Å². The number of pyridine rings is 2. The number of ether oxygens (including phenoxy) is 1. The highest BCUT2D eigenvalue weighted by molar-refractivity contribution is 6.33. The SMILES string of the molecule is COc1cccc(F)c1-c1nc(Nc2c(C)ccnc2C(C)C)c(C(=O)O)cc1Cl. The highest BCUT2D eigenvalue weighted by Gasteiger charge is 2.23. The van der Waals surface area contributed by atoms with Crippen molar-refractivity contribution in [1.29, 1.82) is 0 Å². The van der Waals surface area contributed by atoms with Gasteiger partial charge in [0.05, 0.1) is 34.8 Å². The van der Waals surface area contributed by atoms with Crippen molar-refractivity contribution in [3.63, 3.8) is 0 Å². The van der Waals surface area contributed by atoms with Gasteiger partial charge in [-0.3, -0.25) is 4.98 Å². The lowest BCUT2D eigenvalue weighted by atomic mass is 10.0. The lowest BCUT2D eigenvalue weighted by molar-refractivity contribution is 0.0697. The first kappa shape index (κ1) is 21.5. The van der Waals surface area contributed by atoms with E-state index in [2.05, 4.69) is 15.3 Å². The number of benzene rings is 1. The number of halogens is 2. The average molecular weight is 430 g/mol. The summed E-state index contributed by atoms with van der Waals surface area (Å²) >= 11 is 6.31. The van der Waals surface area contributed by atoms with Gasteiger partial charge in [0.2, 0.25) is 0 Å². The number of aryl methyl sites for hydroxylation is 1. The van der Waals surface area contributed by atoms with Crippen LogP contribution in [0.15, 0.2) is 36.5 Å². The van der Waals surface area contributed by atoms with Gasteiger partial charge in [0.1, 0.15) is 22.9 Å². The van der Waals surface area contributed by atoms with Crippen LogP contribution in [0.2, 0.25) is 5.02 Å². The first-order valence-corrected chi connectivity index (χ1v) is 9.61. The molecule has 0 aliphatic heterocycles. The first-order chi connectivity index (χ1) is 14.2. The van der Waals surface area contributed by atoms with Crippen LogP contribution in [0.4, 0.5) is 15.9 Å². The Bertz CT molecular complexity index is 1120. The Kier molecular flexibility index (Phi) is 6.22. The van der Waals surface area contributed by atoms with Gasteiger partial charge in [-0.1, -0.05) is 31.5 Å². The fraction of sp³-hybridized carbons (Fsp3) is 0.227. The molecule has 2 aromatic heterocycles. The molecule has 0 saturated carbocycles. The number of carboxylic acids is 1. The average Bonchev–Trinajstić information content (AvgIpc) is 2.70. The molecule has 0 aliphatic carbocycles. The molecule has 156 valence electrons. The molecular formula is C22H21ClFN3O3. The molecule has 2 N–H and O–H groups in total. The third-order valence-electron chi connectivity index (χ3n) is 4.62. The van der Waals surface area contributed by atoms with Crippen molar-refractivity contribution < 1.29 is 19.0 Å². The maximum absolute atomic E-state index is 14.6. The van der Waals surface area contributed by atoms with Gasteiger partial charge in [0.15, 0.2) is 0 Å². The molecule has 1 aromatic carbocycles. The van der Waals surface area contributed by atoms with E-state index < -0.39 is 11.8 Å². The summed E-state index contributed by atoms with van der Waals surface area (Å²) in [5.74, 6) is -1.45. The number of carbonyl (C=O) groups is 1. The zero-order valence-electron chi connectivity index (χ0n) is 17.0. The normalized spacial score (nSPS) is 10.9. The van der Waals surface area contributed by atoms with E-state index in [9.17, 15) is 14.3 Å². The highest BCUT2D eigenvalue weighted by atomic mass is 35.5. The van der Waals surface area contributed by atoms with Crippen molar-refractivity contribution in [1.82, 2.24) is 9.97 Å². The summed E-state index contributed by atoms with van der Waals surface area (Å²) in [5.41, 5.74) is 2.26. The van der Waals surface area contributed by atoms with Crippen LogP contribution in [-0.2, 0) is 0 Å². The number of nitrogens with one attached hydrogen (secondary N) is 1. The smallest absolute Gasteiger partial charge is 0.339 e. The molecule has 0 spiro atoms. The lowest BCUT2D eigenvalue weighted by Gasteiger charge is -2.18. The van der Waals surface area contributed by atoms with Crippen LogP contribution in [0.3, 0.4) is 0 Å². The predicted molar refractivity (Wildman–Crippen MR) is 114 cm³/mol. The molecule has 30 heavy (non-hydrogen) atoms. The van der Waals surface area contributed by atoms with Gasteiger partial charge in [0, 0.05) is 6.20 Å². The Morgan fingerprint density at radius 1 is 1.30 bits per heavy atom. The molecular weight excluding hydrogens is 409 g/mol. The molecule has 0 radical (unpaired) electrons. The molecule has 0 saturated heterocycles. The molecule has 0 unspecified atom stereocenters. The molecule has 0 amide bonds. The molecule has 0 fully saturated rings. The van der Waals surface area contributed by atoms with E-state index in [1.54, 1.807) is 12.3 Å². The number of hydrogen-bond acceptors (Lipinski definition) is 5. The molecule has 0 aliphatic rings. The van der Waals surface area contributed by atoms with Crippen molar-refractivity contribution in [2.45, 2.75) is 26.7 Å². The fourth-order valence-corrected chi connectivity index (χ4v) is 3.37. The summed E-state index contributed by atoms with van der Waals surface area (Å²) in [6.45, 7) is 5.85. The summed E-state index contributed by atoms with van der Waals surface area (Å²) in [4.78, 5) is 20.7. The van der Waals surface area contributed by atoms with Gasteiger partial charge >= 0.3 is 5.97 Å². The second-order valence-electron chi connectivity index (χ2n) is 7.01. The Labute approximate surface area is 178 Å². The van der Waals surface area contributed by atoms with Gasteiger partial charge in [0.25, 0.3) is 0 Å². The van der Waals surface area contributed by atoms with Crippen molar-refractivity contribution in [2.75, 3.05) is 12.4 Å². The number of hydrogen-bond donors (Lipinski definition) is 2. The molecule has 3 rings (SSSR count). The second kappa shape index (κ2) is 8.67. The number of nitrogens with zero attached hydrogens (tertiary/aromatic N) is 2. The molecule has 8 heteroatoms. The van der Waals surface area contributed by atoms with Crippen LogP contribution < -0.4 is 10.1 Å². The van der Waals surface area contributed by atoms with Crippen LogP contribution in [0, 0.1) is 12.7 Å². The Hall–Kier alpha value is -3.19. The topological polar surface area (TPSA) is 84.3 Å². The third kappa shape index (κ3) is 4.07. The fourth-order valence-electron chi connectivity index (χ4n) is 3.12. The van der Waals surface area contributed by atoms with Crippen molar-refractivity contribution in [2.24, 2.45) is 0 Å². The van der Waals surface area contributed by atoms with Gasteiger partial charge < -0.3 is 15.2 Å². The molecule has 2 heterocycles. The quantitative estimate of drug-likeness (QED) is 0.513. The van der Waals surface area contributed by atoms with Crippen molar-refractivity contribution in [3.05, 3.63) is 64.2 Å². The maximum Gasteiger partial charge on any atom is 0.339 e. The predicted octanol–water partition coefficient (Wildman–Crippen LogP) is 5.82. The van der Waals surface area contributed by atoms with E-state index in [-0.39, 0.29) is 39.3 Å². The van der Waals surface area contributed by atoms with Gasteiger partial charge in [-0.25, -0.2) is 14.2 Å². The lowest BCUT2D eigenvalue weighted by Crippen LogP contribution is -2.10. The minimum atomic E-state index is -1.22. The summed E-state index contributed by atoms with van der Waals surface area (Å²) in [6, 6.07) is 7.41. The van der Waals surface area contributed by atoms with E-state index in [4.69, 9.17) is 16.3 Å². The monoisotopic (exact) mass is 429 g/mol. The summed E-state index contributed by atoms with van der Waals surface area (Å²) in [6.07, 6.45) is 1.69. The number of anilines is 2. The zero-order valence-corrected chi connectivity index (χ0v) is 17.7. The largest absolute Gasteiger partial charge is 0.496 e. The summed E-state index contributed by atoms with van der Waals surface area (Å²) < 4.78 is 19.9. The van der Waals surface area contributed by atoms with Crippen molar-refractivity contribution in [3.8, 4) is 17.0 Å². The summed E-state index contributed by atoms with van der Waals surface area (Å²) in [5, 5.41) is 12.8. The van der Waals surface area contributed by atoms with Gasteiger partial charge in [-0.15, -0.1) is 0 Å². The van der Waals surface area contributed by atoms with Crippen LogP contribution in [0.25, 0.3) is 11.3 Å². The molecule has 3 aromatic rings. The number of carboxylic acid groups (broad SMARTS) is 1. The van der Waals surface area contributed by atoms with E-state index in [0.717, 1.165) is 11.3 Å². The zero-order chi connectivity index (χ0) is 22.0. The number of rotatable bonds is 6. The van der Waals surface area contributed by atoms with E-state index >= 15 is 0 Å². The van der Waals surface area contributed by atoms with E-state index in [0.29, 0.717) is 5.69 Å². The third-order valence-corrected chi connectivity index (χ3v) is 4.91. The van der Waals surface area contributed by atoms with Crippen LogP contribution in [0.1, 0.15) is 41.4 Å². The minimum Gasteiger partial charge on any atom is -0.496 e. The standard InChI is InChI=1S/C22H21ClFN3O3/c1-11(2)18-19(12(3)8-9-25-18)26-21-13(22(28)29)10-14(23)20(27-21)17-15(24)6-5-7-16(17)30-4/h5-11H,1-4H3,(H,26,27)(H,28,29). The number of methoxy groups -OCH3 is 1. The van der Waals surface area contributed by atoms with Gasteiger partial charge in [-0.2, -0.15) is 0 Å². The molecule has 6 nitrogen and oxygen atoms in total. The van der Waals surface area contributed by atoms with Crippen LogP contribution >= 0.6 is 11.6 Å². The Morgan fingerprint density at radius 2 is 2.03 bits per heavy atom. The minimum absolute atomic E-state index is 0.00617. The van der Waals surface area contributed by atoms with E-state index in [1.807, 2.05) is 26.8 Å². The van der Waals surface area contributed by atoms with Gasteiger partial charge in [-0.05, 0) is 42.7 Å². The maximum atomic E-state index is 14.6. The molecule has 0 atom stereocenters. The van der Waals surface area contributed by atoms with Crippen molar-refractivity contribution >= 4 is 29.1 Å². The Balaban J connectivity index is 2.24. The Morgan fingerprint density at radius 3 is 2.67 bits per heavy atom. The number of aromatic carboxylic acids is 1. The summed E-state index contributed by atoms with van der Waals surface area (Å²) in [7, 11) is 1.41. The molecule has 0 bridgehead atoms.